The number of rotatable bonds is 8. The lowest BCUT2D eigenvalue weighted by Crippen LogP contribution is -2.12. The van der Waals surface area contributed by atoms with Gasteiger partial charge in [-0.3, -0.25) is 0 Å². The second kappa shape index (κ2) is 7.92. The minimum atomic E-state index is 0.888. The first-order chi connectivity index (χ1) is 9.19. The highest BCUT2D eigenvalue weighted by Crippen LogP contribution is 2.23. The Morgan fingerprint density at radius 3 is 1.74 bits per heavy atom. The van der Waals surface area contributed by atoms with Crippen LogP contribution >= 0.6 is 9.24 Å². The zero-order chi connectivity index (χ0) is 14.3. The molecule has 0 nitrogen and oxygen atoms in total. The average molecular weight is 270 g/mol. The van der Waals surface area contributed by atoms with Crippen molar-refractivity contribution in [1.82, 2.24) is 0 Å². The van der Waals surface area contributed by atoms with Gasteiger partial charge >= 0.3 is 0 Å². The summed E-state index contributed by atoms with van der Waals surface area (Å²) in [5, 5.41) is 1.25. The predicted octanol–water partition coefficient (Wildman–Crippen LogP) is 4.10. The maximum atomic E-state index is 3.89. The highest BCUT2D eigenvalue weighted by molar-refractivity contribution is 7.27. The third-order valence-corrected chi connectivity index (χ3v) is 3.72. The highest BCUT2D eigenvalue weighted by Gasteiger charge is 2.13. The predicted molar refractivity (Wildman–Crippen MR) is 91.4 cm³/mol. The molecule has 0 aliphatic heterocycles. The summed E-state index contributed by atoms with van der Waals surface area (Å²) in [6.07, 6.45) is 11.4. The van der Waals surface area contributed by atoms with E-state index >= 15 is 0 Å². The molecule has 0 amide bonds. The van der Waals surface area contributed by atoms with Gasteiger partial charge in [0, 0.05) is 0 Å². The maximum Gasteiger partial charge on any atom is -0.00910 e. The first-order valence-corrected chi connectivity index (χ1v) is 7.12. The van der Waals surface area contributed by atoms with Gasteiger partial charge in [0.1, 0.15) is 0 Å². The van der Waals surface area contributed by atoms with Crippen LogP contribution in [0.15, 0.2) is 56.7 Å². The van der Waals surface area contributed by atoms with Crippen LogP contribution < -0.4 is 5.30 Å². The smallest absolute Gasteiger partial charge is 0.00910 e. The van der Waals surface area contributed by atoms with Crippen molar-refractivity contribution >= 4 is 14.5 Å². The van der Waals surface area contributed by atoms with Gasteiger partial charge in [-0.05, 0) is 53.2 Å². The number of allylic oxidation sites excluding steroid dienone is 4. The van der Waals surface area contributed by atoms with Gasteiger partial charge in [-0.2, -0.15) is 0 Å². The normalized spacial score (nSPS) is 9.95. The van der Waals surface area contributed by atoms with Crippen LogP contribution in [0, 0.1) is 0 Å². The van der Waals surface area contributed by atoms with E-state index in [9.17, 15) is 0 Å². The number of benzene rings is 1. The molecule has 1 unspecified atom stereocenters. The fourth-order valence-electron chi connectivity index (χ4n) is 2.42. The Hall–Kier alpha value is -1.39. The monoisotopic (exact) mass is 270 g/mol. The molecule has 0 heterocycles. The Balaban J connectivity index is 3.52. The molecule has 1 heteroatoms. The average Bonchev–Trinajstić information content (AvgIpc) is 2.38. The zero-order valence-electron chi connectivity index (χ0n) is 11.6. The van der Waals surface area contributed by atoms with Gasteiger partial charge in [-0.15, -0.1) is 35.6 Å². The standard InChI is InChI=1S/C18H23P/c1-5-9-14-13-18(19)17(12-8-4)16(11-7-3)15(14)10-6-2/h5-8,13H,1-4,9-12,19H2. The molecule has 1 atom stereocenters. The van der Waals surface area contributed by atoms with E-state index in [0.717, 1.165) is 25.7 Å². The molecule has 0 N–H and O–H groups in total. The minimum absolute atomic E-state index is 0.888. The zero-order valence-corrected chi connectivity index (χ0v) is 12.8. The Kier molecular flexibility index (Phi) is 6.53. The summed E-state index contributed by atoms with van der Waals surface area (Å²) in [6, 6.07) is 2.25. The molecule has 19 heavy (non-hydrogen) atoms. The first-order valence-electron chi connectivity index (χ1n) is 6.55. The Morgan fingerprint density at radius 1 is 0.737 bits per heavy atom. The molecule has 0 aliphatic rings. The van der Waals surface area contributed by atoms with Crippen molar-refractivity contribution in [3.05, 3.63) is 78.9 Å². The van der Waals surface area contributed by atoms with Gasteiger partial charge in [0.05, 0.1) is 0 Å². The van der Waals surface area contributed by atoms with E-state index in [0.29, 0.717) is 0 Å². The molecule has 0 saturated carbocycles. The third kappa shape index (κ3) is 3.78. The van der Waals surface area contributed by atoms with Crippen molar-refractivity contribution in [2.45, 2.75) is 25.7 Å². The lowest BCUT2D eigenvalue weighted by molar-refractivity contribution is 1.05. The second-order valence-corrected chi connectivity index (χ2v) is 5.15. The van der Waals surface area contributed by atoms with Crippen molar-refractivity contribution in [1.29, 1.82) is 0 Å². The van der Waals surface area contributed by atoms with Crippen molar-refractivity contribution in [2.24, 2.45) is 0 Å². The molecule has 0 fully saturated rings. The minimum Gasteiger partial charge on any atom is -0.105 e. The number of hydrogen-bond acceptors (Lipinski definition) is 0. The van der Waals surface area contributed by atoms with Gasteiger partial charge in [-0.25, -0.2) is 0 Å². The summed E-state index contributed by atoms with van der Waals surface area (Å²) in [5.41, 5.74) is 5.44. The van der Waals surface area contributed by atoms with E-state index in [4.69, 9.17) is 0 Å². The largest absolute Gasteiger partial charge is 0.105 e. The van der Waals surface area contributed by atoms with Crippen LogP contribution in [0.1, 0.15) is 22.3 Å². The van der Waals surface area contributed by atoms with E-state index in [1.807, 2.05) is 24.3 Å². The molecule has 1 aromatic carbocycles. The first kappa shape index (κ1) is 15.7. The Morgan fingerprint density at radius 2 is 1.21 bits per heavy atom. The lowest BCUT2D eigenvalue weighted by atomic mass is 9.89. The second-order valence-electron chi connectivity index (χ2n) is 4.53. The van der Waals surface area contributed by atoms with Crippen LogP contribution in [0.25, 0.3) is 0 Å². The van der Waals surface area contributed by atoms with E-state index in [-0.39, 0.29) is 0 Å². The molecule has 1 rings (SSSR count). The summed E-state index contributed by atoms with van der Waals surface area (Å²) >= 11 is 0. The lowest BCUT2D eigenvalue weighted by Gasteiger charge is -2.19. The highest BCUT2D eigenvalue weighted by atomic mass is 31.0. The Bertz CT molecular complexity index is 495. The topological polar surface area (TPSA) is 0 Å². The quantitative estimate of drug-likeness (QED) is 0.493. The summed E-state index contributed by atoms with van der Waals surface area (Å²) in [5.74, 6) is 0. The van der Waals surface area contributed by atoms with Gasteiger partial charge in [0.25, 0.3) is 0 Å². The third-order valence-electron chi connectivity index (χ3n) is 3.20. The van der Waals surface area contributed by atoms with Crippen molar-refractivity contribution in [3.8, 4) is 0 Å². The van der Waals surface area contributed by atoms with Crippen LogP contribution in [0.5, 0.6) is 0 Å². The van der Waals surface area contributed by atoms with Crippen LogP contribution in [-0.4, -0.2) is 0 Å². The SMILES string of the molecule is C=CCc1cc(P)c(CC=C)c(CC=C)c1CC=C. The van der Waals surface area contributed by atoms with E-state index in [2.05, 4.69) is 41.6 Å². The van der Waals surface area contributed by atoms with Crippen LogP contribution in [0.3, 0.4) is 0 Å². The Labute approximate surface area is 119 Å². The van der Waals surface area contributed by atoms with E-state index in [1.165, 1.54) is 27.6 Å². The van der Waals surface area contributed by atoms with Gasteiger partial charge < -0.3 is 0 Å². The molecular weight excluding hydrogens is 247 g/mol. The molecule has 0 spiro atoms. The fourth-order valence-corrected chi connectivity index (χ4v) is 2.92. The molecular formula is C18H23P. The molecule has 0 saturated heterocycles. The summed E-state index contributed by atoms with van der Waals surface area (Å²) in [7, 11) is 2.85. The van der Waals surface area contributed by atoms with Crippen molar-refractivity contribution in [2.75, 3.05) is 0 Å². The molecule has 0 bridgehead atoms. The van der Waals surface area contributed by atoms with E-state index in [1.54, 1.807) is 0 Å². The number of hydrogen-bond donors (Lipinski definition) is 0. The molecule has 0 aliphatic carbocycles. The maximum absolute atomic E-state index is 3.89. The summed E-state index contributed by atoms with van der Waals surface area (Å²) < 4.78 is 0. The molecule has 0 radical (unpaired) electrons. The van der Waals surface area contributed by atoms with Crippen LogP contribution in [0.2, 0.25) is 0 Å². The van der Waals surface area contributed by atoms with Crippen molar-refractivity contribution in [3.63, 3.8) is 0 Å². The van der Waals surface area contributed by atoms with Gasteiger partial charge in [-0.1, -0.05) is 30.4 Å². The fraction of sp³-hybridized carbons (Fsp3) is 0.222. The summed E-state index contributed by atoms with van der Waals surface area (Å²) in [4.78, 5) is 0. The van der Waals surface area contributed by atoms with Crippen LogP contribution in [-0.2, 0) is 25.7 Å². The summed E-state index contributed by atoms with van der Waals surface area (Å²) in [6.45, 7) is 15.5. The van der Waals surface area contributed by atoms with E-state index < -0.39 is 0 Å². The molecule has 0 aromatic heterocycles. The molecule has 100 valence electrons. The van der Waals surface area contributed by atoms with Gasteiger partial charge in [0.2, 0.25) is 0 Å². The van der Waals surface area contributed by atoms with Crippen LogP contribution in [0.4, 0.5) is 0 Å². The molecule has 1 aromatic rings. The van der Waals surface area contributed by atoms with Gasteiger partial charge in [0.15, 0.2) is 0 Å². The van der Waals surface area contributed by atoms with Crippen molar-refractivity contribution < 1.29 is 0 Å².